The maximum absolute atomic E-state index is 13.1. The van der Waals surface area contributed by atoms with Gasteiger partial charge in [-0.2, -0.15) is 5.10 Å². The van der Waals surface area contributed by atoms with Crippen LogP contribution in [0.3, 0.4) is 0 Å². The second-order valence-corrected chi connectivity index (χ2v) is 7.71. The van der Waals surface area contributed by atoms with Gasteiger partial charge in [-0.1, -0.05) is 30.3 Å². The number of carbonyl (C=O) groups excluding carboxylic acids is 1. The summed E-state index contributed by atoms with van der Waals surface area (Å²) in [5.41, 5.74) is 3.61. The summed E-state index contributed by atoms with van der Waals surface area (Å²) >= 11 is 0. The van der Waals surface area contributed by atoms with Crippen molar-refractivity contribution >= 4 is 11.6 Å². The monoisotopic (exact) mass is 361 g/mol. The van der Waals surface area contributed by atoms with E-state index in [0.717, 1.165) is 50.3 Å². The number of aromatic nitrogens is 3. The van der Waals surface area contributed by atoms with E-state index in [9.17, 15) is 4.79 Å². The van der Waals surface area contributed by atoms with E-state index in [1.165, 1.54) is 6.42 Å². The molecule has 1 spiro atoms. The second-order valence-electron chi connectivity index (χ2n) is 7.71. The Hall–Kier alpha value is -2.73. The van der Waals surface area contributed by atoms with Gasteiger partial charge in [0, 0.05) is 31.4 Å². The van der Waals surface area contributed by atoms with E-state index in [1.54, 1.807) is 16.9 Å². The molecule has 0 atom stereocenters. The number of fused-ring (bicyclic) bond motifs is 1. The highest BCUT2D eigenvalue weighted by molar-refractivity contribution is 6.00. The Morgan fingerprint density at radius 2 is 1.89 bits per heavy atom. The van der Waals surface area contributed by atoms with Crippen molar-refractivity contribution in [1.82, 2.24) is 24.8 Å². The summed E-state index contributed by atoms with van der Waals surface area (Å²) in [5, 5.41) is 7.95. The van der Waals surface area contributed by atoms with Gasteiger partial charge < -0.3 is 10.2 Å². The summed E-state index contributed by atoms with van der Waals surface area (Å²) in [4.78, 5) is 19.6. The quantitative estimate of drug-likeness (QED) is 0.762. The molecule has 138 valence electrons. The van der Waals surface area contributed by atoms with E-state index in [-0.39, 0.29) is 5.91 Å². The van der Waals surface area contributed by atoms with Crippen molar-refractivity contribution in [2.24, 2.45) is 5.41 Å². The standard InChI is InChI=1S/C21H23N5O/c27-20(25-12-8-21(9-13-25)7-11-22-15-21)17-14-24-26-18(6-10-23-19(17)26)16-4-2-1-3-5-16/h1-6,10,14,22H,7-9,11-13,15H2. The largest absolute Gasteiger partial charge is 0.338 e. The fraction of sp³-hybridized carbons (Fsp3) is 0.381. The number of piperidine rings is 1. The fourth-order valence-electron chi connectivity index (χ4n) is 4.45. The molecule has 0 unspecified atom stereocenters. The number of hydrogen-bond acceptors (Lipinski definition) is 4. The Kier molecular flexibility index (Phi) is 3.93. The fourth-order valence-corrected chi connectivity index (χ4v) is 4.45. The third-order valence-corrected chi connectivity index (χ3v) is 6.14. The average molecular weight is 361 g/mol. The summed E-state index contributed by atoms with van der Waals surface area (Å²) in [6.07, 6.45) is 6.80. The molecule has 2 saturated heterocycles. The number of rotatable bonds is 2. The van der Waals surface area contributed by atoms with Crippen molar-refractivity contribution in [2.45, 2.75) is 19.3 Å². The first-order valence-electron chi connectivity index (χ1n) is 9.64. The first-order valence-corrected chi connectivity index (χ1v) is 9.64. The lowest BCUT2D eigenvalue weighted by molar-refractivity contribution is 0.0609. The van der Waals surface area contributed by atoms with Crippen molar-refractivity contribution < 1.29 is 4.79 Å². The molecule has 2 aromatic heterocycles. The maximum Gasteiger partial charge on any atom is 0.259 e. The van der Waals surface area contributed by atoms with Crippen LogP contribution in [0.25, 0.3) is 16.9 Å². The van der Waals surface area contributed by atoms with Crippen LogP contribution in [-0.2, 0) is 0 Å². The van der Waals surface area contributed by atoms with Crippen LogP contribution in [0.5, 0.6) is 0 Å². The number of nitrogens with zero attached hydrogens (tertiary/aromatic N) is 4. The van der Waals surface area contributed by atoms with E-state index in [0.29, 0.717) is 16.6 Å². The molecule has 1 aromatic carbocycles. The van der Waals surface area contributed by atoms with Gasteiger partial charge in [-0.15, -0.1) is 0 Å². The molecule has 0 radical (unpaired) electrons. The molecule has 2 fully saturated rings. The molecular weight excluding hydrogens is 338 g/mol. The van der Waals surface area contributed by atoms with Crippen LogP contribution < -0.4 is 5.32 Å². The molecule has 2 aliphatic heterocycles. The predicted octanol–water partition coefficient (Wildman–Crippen LogP) is 2.61. The molecule has 6 heteroatoms. The van der Waals surface area contributed by atoms with E-state index in [1.807, 2.05) is 41.3 Å². The smallest absolute Gasteiger partial charge is 0.259 e. The normalized spacial score (nSPS) is 19.0. The minimum atomic E-state index is 0.0449. The summed E-state index contributed by atoms with van der Waals surface area (Å²) in [7, 11) is 0. The lowest BCUT2D eigenvalue weighted by atomic mass is 9.78. The highest BCUT2D eigenvalue weighted by Gasteiger charge is 2.38. The highest BCUT2D eigenvalue weighted by Crippen LogP contribution is 2.37. The number of benzene rings is 1. The molecule has 3 aromatic rings. The molecule has 6 nitrogen and oxygen atoms in total. The number of amides is 1. The molecule has 0 saturated carbocycles. The highest BCUT2D eigenvalue weighted by atomic mass is 16.2. The number of likely N-dealkylation sites (tertiary alicyclic amines) is 1. The third-order valence-electron chi connectivity index (χ3n) is 6.14. The predicted molar refractivity (Wildman–Crippen MR) is 103 cm³/mol. The minimum absolute atomic E-state index is 0.0449. The van der Waals surface area contributed by atoms with Crippen LogP contribution in [0, 0.1) is 5.41 Å². The minimum Gasteiger partial charge on any atom is -0.338 e. The zero-order valence-corrected chi connectivity index (χ0v) is 15.3. The Morgan fingerprint density at radius 3 is 2.63 bits per heavy atom. The lowest BCUT2D eigenvalue weighted by Crippen LogP contribution is -2.44. The maximum atomic E-state index is 13.1. The van der Waals surface area contributed by atoms with Gasteiger partial charge in [0.25, 0.3) is 5.91 Å². The molecule has 4 heterocycles. The van der Waals surface area contributed by atoms with Crippen LogP contribution in [0.15, 0.2) is 48.8 Å². The van der Waals surface area contributed by atoms with Crippen LogP contribution in [0.1, 0.15) is 29.6 Å². The summed E-state index contributed by atoms with van der Waals surface area (Å²) in [6.45, 7) is 3.83. The first-order chi connectivity index (χ1) is 13.3. The van der Waals surface area contributed by atoms with Crippen molar-refractivity contribution in [3.8, 4) is 11.3 Å². The molecule has 1 amide bonds. The molecule has 1 N–H and O–H groups in total. The van der Waals surface area contributed by atoms with Crippen molar-refractivity contribution in [2.75, 3.05) is 26.2 Å². The van der Waals surface area contributed by atoms with Gasteiger partial charge in [0.05, 0.1) is 11.9 Å². The van der Waals surface area contributed by atoms with Crippen molar-refractivity contribution in [3.63, 3.8) is 0 Å². The van der Waals surface area contributed by atoms with Crippen LogP contribution in [-0.4, -0.2) is 51.6 Å². The molecule has 2 aliphatic rings. The summed E-state index contributed by atoms with van der Waals surface area (Å²) in [6, 6.07) is 12.0. The van der Waals surface area contributed by atoms with Gasteiger partial charge in [-0.3, -0.25) is 4.79 Å². The SMILES string of the molecule is O=C(c1cnn2c(-c3ccccc3)ccnc12)N1CCC2(CCNC2)CC1. The molecule has 5 rings (SSSR count). The Labute approximate surface area is 158 Å². The van der Waals surface area contributed by atoms with Crippen molar-refractivity contribution in [1.29, 1.82) is 0 Å². The number of nitrogens with one attached hydrogen (secondary N) is 1. The van der Waals surface area contributed by atoms with E-state index < -0.39 is 0 Å². The Bertz CT molecular complexity index is 965. The third kappa shape index (κ3) is 2.80. The lowest BCUT2D eigenvalue weighted by Gasteiger charge is -2.38. The number of hydrogen-bond donors (Lipinski definition) is 1. The van der Waals surface area contributed by atoms with E-state index >= 15 is 0 Å². The Balaban J connectivity index is 1.43. The average Bonchev–Trinajstić information content (AvgIpc) is 3.36. The van der Waals surface area contributed by atoms with Gasteiger partial charge in [0.2, 0.25) is 0 Å². The van der Waals surface area contributed by atoms with Gasteiger partial charge in [0.15, 0.2) is 5.65 Å². The zero-order valence-electron chi connectivity index (χ0n) is 15.3. The van der Waals surface area contributed by atoms with E-state index in [4.69, 9.17) is 0 Å². The molecule has 0 bridgehead atoms. The second kappa shape index (κ2) is 6.46. The Morgan fingerprint density at radius 1 is 1.07 bits per heavy atom. The van der Waals surface area contributed by atoms with Gasteiger partial charge >= 0.3 is 0 Å². The summed E-state index contributed by atoms with van der Waals surface area (Å²) < 4.78 is 1.77. The van der Waals surface area contributed by atoms with E-state index in [2.05, 4.69) is 15.4 Å². The molecule has 27 heavy (non-hydrogen) atoms. The summed E-state index contributed by atoms with van der Waals surface area (Å²) in [5.74, 6) is 0.0449. The first kappa shape index (κ1) is 16.4. The molecule has 0 aliphatic carbocycles. The molecular formula is C21H23N5O. The van der Waals surface area contributed by atoms with Crippen molar-refractivity contribution in [3.05, 3.63) is 54.4 Å². The van der Waals surface area contributed by atoms with Gasteiger partial charge in [-0.25, -0.2) is 9.50 Å². The topological polar surface area (TPSA) is 62.5 Å². The van der Waals surface area contributed by atoms with Crippen LogP contribution >= 0.6 is 0 Å². The van der Waals surface area contributed by atoms with Crippen LogP contribution in [0.4, 0.5) is 0 Å². The van der Waals surface area contributed by atoms with Crippen LogP contribution in [0.2, 0.25) is 0 Å². The van der Waals surface area contributed by atoms with Gasteiger partial charge in [0.1, 0.15) is 5.56 Å². The zero-order chi connectivity index (χ0) is 18.3. The van der Waals surface area contributed by atoms with Gasteiger partial charge in [-0.05, 0) is 37.3 Å². The number of carbonyl (C=O) groups is 1.